The Labute approximate surface area is 238 Å². The minimum atomic E-state index is -1.34. The quantitative estimate of drug-likeness (QED) is 0.238. The maximum absolute atomic E-state index is 13.9. The van der Waals surface area contributed by atoms with Gasteiger partial charge in [-0.3, -0.25) is 4.79 Å². The second kappa shape index (κ2) is 11.0. The van der Waals surface area contributed by atoms with Gasteiger partial charge in [-0.15, -0.1) is 0 Å². The van der Waals surface area contributed by atoms with Crippen molar-refractivity contribution >= 4 is 40.7 Å². The summed E-state index contributed by atoms with van der Waals surface area (Å²) in [5, 5.41) is 9.32. The molecule has 40 heavy (non-hydrogen) atoms. The van der Waals surface area contributed by atoms with E-state index in [9.17, 15) is 9.59 Å². The predicted octanol–water partition coefficient (Wildman–Crippen LogP) is 7.54. The van der Waals surface area contributed by atoms with Crippen molar-refractivity contribution in [1.29, 1.82) is 0 Å². The number of aromatic nitrogens is 1. The Bertz CT molecular complexity index is 1520. The molecule has 204 valence electrons. The molecule has 1 atom stereocenters. The maximum atomic E-state index is 13.9. The van der Waals surface area contributed by atoms with E-state index in [1.165, 1.54) is 0 Å². The van der Waals surface area contributed by atoms with E-state index in [1.807, 2.05) is 42.5 Å². The van der Waals surface area contributed by atoms with Gasteiger partial charge in [-0.1, -0.05) is 74.8 Å². The number of pyridine rings is 1. The summed E-state index contributed by atoms with van der Waals surface area (Å²) in [4.78, 5) is 31.3. The van der Waals surface area contributed by atoms with Crippen LogP contribution in [0.4, 0.5) is 22.0 Å². The minimum absolute atomic E-state index is 0.178. The number of nitrogens with zero attached hydrogens (tertiary/aromatic N) is 1. The van der Waals surface area contributed by atoms with E-state index in [-0.39, 0.29) is 11.3 Å². The Kier molecular flexibility index (Phi) is 7.50. The van der Waals surface area contributed by atoms with Crippen LogP contribution in [0.25, 0.3) is 0 Å². The summed E-state index contributed by atoms with van der Waals surface area (Å²) in [6.07, 6.45) is 2.60. The third kappa shape index (κ3) is 5.80. The van der Waals surface area contributed by atoms with Crippen LogP contribution in [0, 0.1) is 0 Å². The van der Waals surface area contributed by atoms with Gasteiger partial charge in [-0.2, -0.15) is 0 Å². The number of hydrogen-bond acceptors (Lipinski definition) is 4. The number of carbonyl (C=O) groups is 2. The third-order valence-electron chi connectivity index (χ3n) is 6.92. The number of aryl methyl sites for hydroxylation is 1. The van der Waals surface area contributed by atoms with Crippen molar-refractivity contribution in [2.45, 2.75) is 44.6 Å². The molecule has 0 unspecified atom stereocenters. The molecule has 1 aliphatic rings. The number of rotatable bonds is 5. The van der Waals surface area contributed by atoms with Crippen LogP contribution in [0.5, 0.6) is 5.75 Å². The highest BCUT2D eigenvalue weighted by molar-refractivity contribution is 6.30. The Morgan fingerprint density at radius 2 is 1.62 bits per heavy atom. The molecule has 5 rings (SSSR count). The van der Waals surface area contributed by atoms with Crippen molar-refractivity contribution in [1.82, 2.24) is 4.98 Å². The topological polar surface area (TPSA) is 92.4 Å². The summed E-state index contributed by atoms with van der Waals surface area (Å²) >= 11 is 5.99. The number of benzene rings is 3. The van der Waals surface area contributed by atoms with Gasteiger partial charge in [0.1, 0.15) is 11.6 Å². The average Bonchev–Trinajstić information content (AvgIpc) is 2.94. The summed E-state index contributed by atoms with van der Waals surface area (Å²) in [7, 11) is 0. The van der Waals surface area contributed by atoms with E-state index in [2.05, 4.69) is 47.8 Å². The zero-order valence-corrected chi connectivity index (χ0v) is 23.4. The van der Waals surface area contributed by atoms with Crippen LogP contribution >= 0.6 is 11.6 Å². The standard InChI is InChI=1S/C32H31ClN4O3/c1-31(2,3)23-19-21-16-17-32(22-9-5-4-6-10-22,29(38)37-27-11-7-8-18-34-27)40-28(21)26(20-23)36-30(39)35-25-14-12-24(33)13-15-25/h4-15,18-20H,16-17H2,1-3H3,(H,34,37,38)(H2,35,36,39)/t32-/m0/s1. The smallest absolute Gasteiger partial charge is 0.323 e. The molecule has 0 saturated carbocycles. The molecule has 7 nitrogen and oxygen atoms in total. The molecular weight excluding hydrogens is 524 g/mol. The number of carbonyl (C=O) groups excluding carboxylic acids is 2. The number of anilines is 3. The van der Waals surface area contributed by atoms with Gasteiger partial charge < -0.3 is 20.7 Å². The fraction of sp³-hybridized carbons (Fsp3) is 0.219. The molecule has 1 aliphatic heterocycles. The van der Waals surface area contributed by atoms with Crippen LogP contribution < -0.4 is 20.7 Å². The van der Waals surface area contributed by atoms with Gasteiger partial charge in [0, 0.05) is 28.9 Å². The van der Waals surface area contributed by atoms with Gasteiger partial charge in [0.25, 0.3) is 5.91 Å². The molecule has 0 spiro atoms. The highest BCUT2D eigenvalue weighted by Crippen LogP contribution is 2.46. The molecule has 3 N–H and O–H groups in total. The monoisotopic (exact) mass is 554 g/mol. The van der Waals surface area contributed by atoms with Gasteiger partial charge in [-0.05, 0) is 65.4 Å². The normalized spacial score (nSPS) is 16.3. The summed E-state index contributed by atoms with van der Waals surface area (Å²) in [6.45, 7) is 6.35. The van der Waals surface area contributed by atoms with E-state index in [0.29, 0.717) is 46.4 Å². The van der Waals surface area contributed by atoms with Crippen LogP contribution in [0.3, 0.4) is 0 Å². The highest BCUT2D eigenvalue weighted by Gasteiger charge is 2.46. The lowest BCUT2D eigenvalue weighted by Gasteiger charge is -2.39. The molecule has 0 radical (unpaired) electrons. The predicted molar refractivity (Wildman–Crippen MR) is 159 cm³/mol. The van der Waals surface area contributed by atoms with Crippen LogP contribution in [0.1, 0.15) is 43.9 Å². The molecule has 0 fully saturated rings. The van der Waals surface area contributed by atoms with Gasteiger partial charge >= 0.3 is 6.03 Å². The number of amides is 3. The van der Waals surface area contributed by atoms with Crippen molar-refractivity contribution in [2.24, 2.45) is 0 Å². The first-order valence-corrected chi connectivity index (χ1v) is 13.5. The van der Waals surface area contributed by atoms with E-state index >= 15 is 0 Å². The van der Waals surface area contributed by atoms with Crippen molar-refractivity contribution in [2.75, 3.05) is 16.0 Å². The average molecular weight is 555 g/mol. The molecule has 1 aromatic heterocycles. The van der Waals surface area contributed by atoms with Crippen LogP contribution in [0.15, 0.2) is 91.1 Å². The number of urea groups is 1. The molecule has 0 aliphatic carbocycles. The van der Waals surface area contributed by atoms with E-state index in [4.69, 9.17) is 16.3 Å². The summed E-state index contributed by atoms with van der Waals surface area (Å²) in [5.41, 5.74) is 2.25. The van der Waals surface area contributed by atoms with Crippen LogP contribution in [-0.4, -0.2) is 16.9 Å². The van der Waals surface area contributed by atoms with Gasteiger partial charge in [0.2, 0.25) is 5.60 Å². The first kappa shape index (κ1) is 27.2. The zero-order valence-electron chi connectivity index (χ0n) is 22.6. The fourth-order valence-corrected chi connectivity index (χ4v) is 4.86. The Morgan fingerprint density at radius 1 is 0.900 bits per heavy atom. The van der Waals surface area contributed by atoms with E-state index < -0.39 is 11.6 Å². The number of ether oxygens (including phenoxy) is 1. The summed E-state index contributed by atoms with van der Waals surface area (Å²) in [6, 6.07) is 25.2. The number of nitrogens with one attached hydrogen (secondary N) is 3. The van der Waals surface area contributed by atoms with Crippen molar-refractivity contribution < 1.29 is 14.3 Å². The lowest BCUT2D eigenvalue weighted by molar-refractivity contribution is -0.133. The second-order valence-corrected chi connectivity index (χ2v) is 11.2. The van der Waals surface area contributed by atoms with Crippen LogP contribution in [-0.2, 0) is 22.2 Å². The molecule has 2 heterocycles. The lowest BCUT2D eigenvalue weighted by Crippen LogP contribution is -2.48. The highest BCUT2D eigenvalue weighted by atomic mass is 35.5. The fourth-order valence-electron chi connectivity index (χ4n) is 4.73. The Morgan fingerprint density at radius 3 is 2.30 bits per heavy atom. The molecule has 3 amide bonds. The second-order valence-electron chi connectivity index (χ2n) is 10.8. The number of fused-ring (bicyclic) bond motifs is 1. The Balaban J connectivity index is 1.54. The SMILES string of the molecule is CC(C)(C)c1cc2c(c(NC(=O)Nc3ccc(Cl)cc3)c1)O[C@](C(=O)Nc1ccccn1)(c1ccccc1)CC2. The largest absolute Gasteiger partial charge is 0.470 e. The van der Waals surface area contributed by atoms with Gasteiger partial charge in [0.15, 0.2) is 0 Å². The molecule has 0 bridgehead atoms. The summed E-state index contributed by atoms with van der Waals surface area (Å²) < 4.78 is 6.71. The molecule has 0 saturated heterocycles. The molecule has 4 aromatic rings. The first-order chi connectivity index (χ1) is 19.1. The minimum Gasteiger partial charge on any atom is -0.470 e. The van der Waals surface area contributed by atoms with Crippen molar-refractivity contribution in [3.8, 4) is 5.75 Å². The molecule has 8 heteroatoms. The van der Waals surface area contributed by atoms with Gasteiger partial charge in [-0.25, -0.2) is 9.78 Å². The Hall–Kier alpha value is -4.36. The van der Waals surface area contributed by atoms with E-state index in [1.54, 1.807) is 42.6 Å². The molecular formula is C32H31ClN4O3. The number of hydrogen-bond donors (Lipinski definition) is 3. The third-order valence-corrected chi connectivity index (χ3v) is 7.17. The summed E-state index contributed by atoms with van der Waals surface area (Å²) in [5.74, 6) is 0.561. The first-order valence-electron chi connectivity index (χ1n) is 13.1. The van der Waals surface area contributed by atoms with Gasteiger partial charge in [0.05, 0.1) is 5.69 Å². The lowest BCUT2D eigenvalue weighted by atomic mass is 9.80. The van der Waals surface area contributed by atoms with E-state index in [0.717, 1.165) is 11.1 Å². The van der Waals surface area contributed by atoms with Crippen LogP contribution in [0.2, 0.25) is 5.02 Å². The number of halogens is 1. The maximum Gasteiger partial charge on any atom is 0.323 e. The van der Waals surface area contributed by atoms with Crippen molar-refractivity contribution in [3.63, 3.8) is 0 Å². The zero-order chi connectivity index (χ0) is 28.3. The molecule has 3 aromatic carbocycles. The van der Waals surface area contributed by atoms with Crippen molar-refractivity contribution in [3.05, 3.63) is 113 Å².